The summed E-state index contributed by atoms with van der Waals surface area (Å²) in [6.07, 6.45) is 1.71. The first kappa shape index (κ1) is 24.4. The number of halogens is 5. The average molecular weight is 846 g/mol. The molecule has 3 aromatic carbocycles. The lowest BCUT2D eigenvalue weighted by atomic mass is 10.2. The monoisotopic (exact) mass is 845 g/mol. The Balaban J connectivity index is 1.57. The van der Waals surface area contributed by atoms with E-state index in [9.17, 15) is 4.79 Å². The van der Waals surface area contributed by atoms with E-state index < -0.39 is 5.97 Å². The van der Waals surface area contributed by atoms with Crippen LogP contribution in [0.15, 0.2) is 69.8 Å². The fourth-order valence-corrected chi connectivity index (χ4v) is 5.96. The summed E-state index contributed by atoms with van der Waals surface area (Å²) in [5.74, 6) is 0.513. The number of ether oxygens (including phenoxy) is 2. The fraction of sp³-hybridized carbons (Fsp3) is 0.0435. The average Bonchev–Trinajstić information content (AvgIpc) is 3.10. The summed E-state index contributed by atoms with van der Waals surface area (Å²) >= 11 is 16.3. The molecule has 0 fully saturated rings. The summed E-state index contributed by atoms with van der Waals surface area (Å²) in [7, 11) is 0. The number of cyclic esters (lactones) is 1. The van der Waals surface area contributed by atoms with Crippen LogP contribution in [0.3, 0.4) is 0 Å². The van der Waals surface area contributed by atoms with Crippen molar-refractivity contribution >= 4 is 113 Å². The summed E-state index contributed by atoms with van der Waals surface area (Å²) in [5, 5.41) is 0.481. The van der Waals surface area contributed by atoms with E-state index in [1.807, 2.05) is 48.5 Å². The standard InChI is InChI=1S/C23H12BrClI3NO3/c24-14-3-1-12(2-4-14)11-31-21-18(27)7-13(8-19(21)28)9-20-23(30)32-22(29-20)16-10-15(26)5-6-17(16)25/h1-10H,11H2/b20-9-. The Morgan fingerprint density at radius 2 is 1.72 bits per heavy atom. The number of carbonyl (C=O) groups excluding carboxylic acids is 1. The third kappa shape index (κ3) is 5.86. The number of carbonyl (C=O) groups is 1. The molecule has 9 heteroatoms. The van der Waals surface area contributed by atoms with Crippen molar-refractivity contribution in [3.63, 3.8) is 0 Å². The molecular formula is C23H12BrClI3NO3. The first-order valence-corrected chi connectivity index (χ1v) is 13.5. The van der Waals surface area contributed by atoms with E-state index in [1.165, 1.54) is 0 Å². The molecule has 0 N–H and O–H groups in total. The Bertz CT molecular complexity index is 1250. The second-order valence-electron chi connectivity index (χ2n) is 6.69. The molecule has 4 nitrogen and oxygen atoms in total. The Morgan fingerprint density at radius 3 is 2.41 bits per heavy atom. The molecule has 0 bridgehead atoms. The maximum Gasteiger partial charge on any atom is 0.363 e. The maximum atomic E-state index is 12.4. The minimum absolute atomic E-state index is 0.212. The second kappa shape index (κ2) is 10.7. The highest BCUT2D eigenvalue weighted by Gasteiger charge is 2.26. The first-order valence-electron chi connectivity index (χ1n) is 9.14. The van der Waals surface area contributed by atoms with Crippen molar-refractivity contribution in [2.75, 3.05) is 0 Å². The smallest absolute Gasteiger partial charge is 0.363 e. The molecule has 3 aromatic rings. The van der Waals surface area contributed by atoms with Gasteiger partial charge in [-0.15, -0.1) is 0 Å². The topological polar surface area (TPSA) is 47.9 Å². The molecule has 0 amide bonds. The van der Waals surface area contributed by atoms with Gasteiger partial charge >= 0.3 is 5.97 Å². The SMILES string of the molecule is O=C1OC(c2cc(I)ccc2Cl)=N/C1=C\c1cc(I)c(OCc2ccc(Br)cc2)c(I)c1. The van der Waals surface area contributed by atoms with E-state index in [1.54, 1.807) is 12.1 Å². The molecule has 0 saturated carbocycles. The zero-order valence-electron chi connectivity index (χ0n) is 16.0. The van der Waals surface area contributed by atoms with Crippen LogP contribution in [-0.4, -0.2) is 11.9 Å². The van der Waals surface area contributed by atoms with Gasteiger partial charge in [0, 0.05) is 8.04 Å². The first-order chi connectivity index (χ1) is 15.3. The molecule has 0 radical (unpaired) electrons. The Kier molecular flexibility index (Phi) is 8.17. The minimum Gasteiger partial charge on any atom is -0.487 e. The molecule has 1 aliphatic rings. The van der Waals surface area contributed by atoms with Crippen LogP contribution in [0, 0.1) is 10.7 Å². The van der Waals surface area contributed by atoms with Crippen LogP contribution >= 0.6 is 95.3 Å². The normalized spacial score (nSPS) is 14.5. The third-order valence-corrected chi connectivity index (χ3v) is 7.53. The highest BCUT2D eigenvalue weighted by molar-refractivity contribution is 14.1. The van der Waals surface area contributed by atoms with Crippen LogP contribution in [0.5, 0.6) is 5.75 Å². The molecule has 0 atom stereocenters. The van der Waals surface area contributed by atoms with Gasteiger partial charge in [0.05, 0.1) is 17.7 Å². The number of aliphatic imine (C=N–C) groups is 1. The van der Waals surface area contributed by atoms with Crippen LogP contribution < -0.4 is 4.74 Å². The van der Waals surface area contributed by atoms with Gasteiger partial charge in [-0.3, -0.25) is 0 Å². The molecule has 32 heavy (non-hydrogen) atoms. The molecule has 0 aromatic heterocycles. The summed E-state index contributed by atoms with van der Waals surface area (Å²) in [6, 6.07) is 17.4. The number of benzene rings is 3. The van der Waals surface area contributed by atoms with E-state index in [0.717, 1.165) is 32.1 Å². The maximum absolute atomic E-state index is 12.4. The van der Waals surface area contributed by atoms with Crippen LogP contribution in [-0.2, 0) is 16.1 Å². The van der Waals surface area contributed by atoms with E-state index in [4.69, 9.17) is 21.1 Å². The third-order valence-electron chi connectivity index (χ3n) is 4.40. The number of hydrogen-bond acceptors (Lipinski definition) is 4. The van der Waals surface area contributed by atoms with Gasteiger partial charge in [-0.1, -0.05) is 39.7 Å². The summed E-state index contributed by atoms with van der Waals surface area (Å²) in [6.45, 7) is 0.469. The molecule has 1 aliphatic heterocycles. The van der Waals surface area contributed by atoms with Crippen LogP contribution in [0.25, 0.3) is 6.08 Å². The predicted molar refractivity (Wildman–Crippen MR) is 155 cm³/mol. The molecule has 162 valence electrons. The fourth-order valence-electron chi connectivity index (χ4n) is 2.88. The molecule has 0 saturated heterocycles. The highest BCUT2D eigenvalue weighted by atomic mass is 127. The number of nitrogens with zero attached hydrogens (tertiary/aromatic N) is 1. The highest BCUT2D eigenvalue weighted by Crippen LogP contribution is 2.32. The van der Waals surface area contributed by atoms with Crippen molar-refractivity contribution in [2.24, 2.45) is 4.99 Å². The minimum atomic E-state index is -0.504. The summed E-state index contributed by atoms with van der Waals surface area (Å²) in [5.41, 5.74) is 2.73. The van der Waals surface area contributed by atoms with Crippen molar-refractivity contribution in [3.8, 4) is 5.75 Å². The number of esters is 1. The lowest BCUT2D eigenvalue weighted by Crippen LogP contribution is -2.06. The zero-order chi connectivity index (χ0) is 22.8. The van der Waals surface area contributed by atoms with Gasteiger partial charge in [-0.2, -0.15) is 0 Å². The molecule has 1 heterocycles. The van der Waals surface area contributed by atoms with Gasteiger partial charge in [0.25, 0.3) is 0 Å². The van der Waals surface area contributed by atoms with E-state index >= 15 is 0 Å². The summed E-state index contributed by atoms with van der Waals surface area (Å²) in [4.78, 5) is 16.8. The number of rotatable bonds is 5. The van der Waals surface area contributed by atoms with Gasteiger partial charge < -0.3 is 9.47 Å². The van der Waals surface area contributed by atoms with E-state index in [0.29, 0.717) is 17.2 Å². The zero-order valence-corrected chi connectivity index (χ0v) is 24.9. The second-order valence-corrected chi connectivity index (χ2v) is 11.6. The Hall–Kier alpha value is -0.700. The number of hydrogen-bond donors (Lipinski definition) is 0. The largest absolute Gasteiger partial charge is 0.487 e. The van der Waals surface area contributed by atoms with Gasteiger partial charge in [-0.05, 0) is 127 Å². The predicted octanol–water partition coefficient (Wildman–Crippen LogP) is 7.84. The summed E-state index contributed by atoms with van der Waals surface area (Å²) < 4.78 is 15.3. The lowest BCUT2D eigenvalue weighted by molar-refractivity contribution is -0.129. The van der Waals surface area contributed by atoms with Crippen molar-refractivity contribution in [3.05, 3.63) is 97.2 Å². The van der Waals surface area contributed by atoms with Crippen LogP contribution in [0.1, 0.15) is 16.7 Å². The van der Waals surface area contributed by atoms with Gasteiger partial charge in [0.15, 0.2) is 5.70 Å². The molecule has 0 aliphatic carbocycles. The van der Waals surface area contributed by atoms with Crippen LogP contribution in [0.2, 0.25) is 5.02 Å². The Morgan fingerprint density at radius 1 is 1.03 bits per heavy atom. The van der Waals surface area contributed by atoms with Crippen molar-refractivity contribution < 1.29 is 14.3 Å². The van der Waals surface area contributed by atoms with E-state index in [-0.39, 0.29) is 11.6 Å². The van der Waals surface area contributed by atoms with Crippen LogP contribution in [0.4, 0.5) is 0 Å². The van der Waals surface area contributed by atoms with Crippen molar-refractivity contribution in [1.82, 2.24) is 0 Å². The van der Waals surface area contributed by atoms with Gasteiger partial charge in [0.1, 0.15) is 12.4 Å². The van der Waals surface area contributed by atoms with E-state index in [2.05, 4.69) is 88.7 Å². The quantitative estimate of drug-likeness (QED) is 0.150. The molecular weight excluding hydrogens is 834 g/mol. The van der Waals surface area contributed by atoms with Gasteiger partial charge in [-0.25, -0.2) is 9.79 Å². The molecule has 0 spiro atoms. The molecule has 4 rings (SSSR count). The van der Waals surface area contributed by atoms with Crippen molar-refractivity contribution in [1.29, 1.82) is 0 Å². The lowest BCUT2D eigenvalue weighted by Gasteiger charge is -2.11. The molecule has 0 unspecified atom stereocenters. The Labute approximate surface area is 239 Å². The van der Waals surface area contributed by atoms with Gasteiger partial charge in [0.2, 0.25) is 5.90 Å². The van der Waals surface area contributed by atoms with Crippen molar-refractivity contribution in [2.45, 2.75) is 6.61 Å².